The molecule has 2 heterocycles. The van der Waals surface area contributed by atoms with Crippen LogP contribution in [0.4, 0.5) is 5.69 Å². The van der Waals surface area contributed by atoms with Gasteiger partial charge in [-0.25, -0.2) is 0 Å². The molecule has 9 heteroatoms. The van der Waals surface area contributed by atoms with E-state index in [0.29, 0.717) is 20.9 Å². The van der Waals surface area contributed by atoms with Crippen LogP contribution in [-0.2, 0) is 16.1 Å². The number of hydrogen-bond acceptors (Lipinski definition) is 5. The first kappa shape index (κ1) is 20.8. The third-order valence-corrected chi connectivity index (χ3v) is 5.99. The third-order valence-electron chi connectivity index (χ3n) is 4.69. The molecular formula is C19H22BrClN4O3. The number of halogens is 2. The minimum absolute atomic E-state index is 0.105. The highest BCUT2D eigenvalue weighted by Gasteiger charge is 2.34. The zero-order valence-electron chi connectivity index (χ0n) is 15.9. The van der Waals surface area contributed by atoms with Gasteiger partial charge in [0.05, 0.1) is 29.6 Å². The van der Waals surface area contributed by atoms with E-state index in [1.165, 1.54) is 7.11 Å². The van der Waals surface area contributed by atoms with Gasteiger partial charge >= 0.3 is 5.97 Å². The summed E-state index contributed by atoms with van der Waals surface area (Å²) in [4.78, 5) is 24.7. The van der Waals surface area contributed by atoms with Crippen LogP contribution in [0.5, 0.6) is 0 Å². The molecule has 1 aliphatic rings. The summed E-state index contributed by atoms with van der Waals surface area (Å²) in [6, 6.07) is 6.97. The van der Waals surface area contributed by atoms with Gasteiger partial charge < -0.3 is 10.1 Å². The molecule has 0 unspecified atom stereocenters. The van der Waals surface area contributed by atoms with Gasteiger partial charge in [-0.1, -0.05) is 17.7 Å². The Balaban J connectivity index is 1.81. The number of nitrogens with one attached hydrogen (secondary N) is 2. The van der Waals surface area contributed by atoms with Crippen molar-refractivity contribution < 1.29 is 14.3 Å². The van der Waals surface area contributed by atoms with Crippen LogP contribution >= 0.6 is 27.5 Å². The fourth-order valence-electron chi connectivity index (χ4n) is 3.28. The molecule has 7 nitrogen and oxygen atoms in total. The number of nitrogens with zero attached hydrogens (tertiary/aromatic N) is 2. The third kappa shape index (κ3) is 4.24. The number of carbonyl (C=O) groups excluding carboxylic acids is 2. The number of benzene rings is 1. The number of aryl methyl sites for hydroxylation is 1. The quantitative estimate of drug-likeness (QED) is 0.648. The number of fused-ring (bicyclic) bond motifs is 1. The maximum atomic E-state index is 12.7. The summed E-state index contributed by atoms with van der Waals surface area (Å²) >= 11 is 9.57. The Kier molecular flexibility index (Phi) is 6.12. The predicted octanol–water partition coefficient (Wildman–Crippen LogP) is 3.93. The fraction of sp³-hybridized carbons (Fsp3) is 0.421. The average Bonchev–Trinajstić information content (AvgIpc) is 3.10. The average molecular weight is 470 g/mol. The lowest BCUT2D eigenvalue weighted by molar-refractivity contribution is -0.147. The molecule has 0 saturated carbocycles. The molecule has 1 atom stereocenters. The molecule has 2 N–H and O–H groups in total. The topological polar surface area (TPSA) is 85.2 Å². The molecule has 0 bridgehead atoms. The number of anilines is 1. The predicted molar refractivity (Wildman–Crippen MR) is 111 cm³/mol. The van der Waals surface area contributed by atoms with Gasteiger partial charge in [-0.2, -0.15) is 5.10 Å². The molecule has 0 spiro atoms. The zero-order valence-corrected chi connectivity index (χ0v) is 18.2. The molecule has 28 heavy (non-hydrogen) atoms. The van der Waals surface area contributed by atoms with E-state index in [1.54, 1.807) is 38.1 Å². The van der Waals surface area contributed by atoms with E-state index in [2.05, 4.69) is 31.7 Å². The van der Waals surface area contributed by atoms with Gasteiger partial charge in [-0.05, 0) is 60.8 Å². The Labute approximate surface area is 176 Å². The van der Waals surface area contributed by atoms with Crippen LogP contribution in [0.1, 0.15) is 48.9 Å². The fourth-order valence-corrected chi connectivity index (χ4v) is 3.82. The SMILES string of the molecule is COC(=O)C(C)(C)N[C@H]1CCCn2nc(C(=O)Nc3cccc(Br)c3Cl)cc21. The van der Waals surface area contributed by atoms with Gasteiger partial charge in [0.15, 0.2) is 5.69 Å². The van der Waals surface area contributed by atoms with Crippen LogP contribution in [0.15, 0.2) is 28.7 Å². The Bertz CT molecular complexity index is 913. The van der Waals surface area contributed by atoms with E-state index in [1.807, 2.05) is 4.68 Å². The van der Waals surface area contributed by atoms with Crippen LogP contribution in [0.2, 0.25) is 5.02 Å². The Morgan fingerprint density at radius 1 is 1.39 bits per heavy atom. The van der Waals surface area contributed by atoms with Crippen molar-refractivity contribution in [2.45, 2.75) is 44.8 Å². The van der Waals surface area contributed by atoms with Crippen molar-refractivity contribution in [2.75, 3.05) is 12.4 Å². The summed E-state index contributed by atoms with van der Waals surface area (Å²) in [6.45, 7) is 4.27. The molecule has 1 aliphatic heterocycles. The first-order valence-corrected chi connectivity index (χ1v) is 10.1. The normalized spacial score (nSPS) is 16.4. The molecule has 1 amide bonds. The molecule has 0 aliphatic carbocycles. The van der Waals surface area contributed by atoms with Gasteiger partial charge in [-0.3, -0.25) is 19.6 Å². The summed E-state index contributed by atoms with van der Waals surface area (Å²) in [5, 5.41) is 11.0. The summed E-state index contributed by atoms with van der Waals surface area (Å²) in [5.74, 6) is -0.681. The van der Waals surface area contributed by atoms with E-state index >= 15 is 0 Å². The Morgan fingerprint density at radius 2 is 2.14 bits per heavy atom. The number of methoxy groups -OCH3 is 1. The monoisotopic (exact) mass is 468 g/mol. The van der Waals surface area contributed by atoms with Crippen LogP contribution < -0.4 is 10.6 Å². The lowest BCUT2D eigenvalue weighted by Crippen LogP contribution is -2.50. The number of carbonyl (C=O) groups is 2. The molecule has 2 aromatic rings. The van der Waals surface area contributed by atoms with Gasteiger partial charge in [0.2, 0.25) is 0 Å². The lowest BCUT2D eigenvalue weighted by Gasteiger charge is -2.32. The largest absolute Gasteiger partial charge is 0.468 e. The van der Waals surface area contributed by atoms with Gasteiger partial charge in [0.25, 0.3) is 5.91 Å². The second-order valence-corrected chi connectivity index (χ2v) is 8.42. The minimum Gasteiger partial charge on any atom is -0.468 e. The number of esters is 1. The van der Waals surface area contributed by atoms with Gasteiger partial charge in [0.1, 0.15) is 5.54 Å². The number of hydrogen-bond donors (Lipinski definition) is 2. The molecule has 1 aromatic carbocycles. The van der Waals surface area contributed by atoms with Crippen molar-refractivity contribution in [2.24, 2.45) is 0 Å². The van der Waals surface area contributed by atoms with Crippen LogP contribution in [-0.4, -0.2) is 34.3 Å². The standard InChI is InChI=1S/C19H22BrClN4O3/c1-19(2,18(27)28-3)23-12-8-5-9-25-15(12)10-14(24-25)17(26)22-13-7-4-6-11(20)16(13)21/h4,6-7,10,12,23H,5,8-9H2,1-3H3,(H,22,26)/t12-/m0/s1. The van der Waals surface area contributed by atoms with Crippen molar-refractivity contribution in [3.05, 3.63) is 45.1 Å². The van der Waals surface area contributed by atoms with Gasteiger partial charge in [0, 0.05) is 11.0 Å². The van der Waals surface area contributed by atoms with Crippen LogP contribution in [0, 0.1) is 0 Å². The van der Waals surface area contributed by atoms with E-state index in [9.17, 15) is 9.59 Å². The molecule has 0 fully saturated rings. The van der Waals surface area contributed by atoms with Crippen molar-refractivity contribution in [1.82, 2.24) is 15.1 Å². The highest BCUT2D eigenvalue weighted by molar-refractivity contribution is 9.10. The second-order valence-electron chi connectivity index (χ2n) is 7.19. The highest BCUT2D eigenvalue weighted by atomic mass is 79.9. The highest BCUT2D eigenvalue weighted by Crippen LogP contribution is 2.31. The lowest BCUT2D eigenvalue weighted by atomic mass is 9.98. The second kappa shape index (κ2) is 8.23. The Hall–Kier alpha value is -1.90. The summed E-state index contributed by atoms with van der Waals surface area (Å²) in [6.07, 6.45) is 1.73. The van der Waals surface area contributed by atoms with Crippen LogP contribution in [0.25, 0.3) is 0 Å². The molecule has 150 valence electrons. The zero-order chi connectivity index (χ0) is 20.5. The van der Waals surface area contributed by atoms with Crippen LogP contribution in [0.3, 0.4) is 0 Å². The van der Waals surface area contributed by atoms with Crippen molar-refractivity contribution in [1.29, 1.82) is 0 Å². The summed E-state index contributed by atoms with van der Waals surface area (Å²) in [5.41, 5.74) is 0.829. The number of ether oxygens (including phenoxy) is 1. The molecule has 0 saturated heterocycles. The maximum absolute atomic E-state index is 12.7. The minimum atomic E-state index is -0.849. The van der Waals surface area contributed by atoms with Gasteiger partial charge in [-0.15, -0.1) is 0 Å². The van der Waals surface area contributed by atoms with Crippen molar-refractivity contribution >= 4 is 45.1 Å². The molecule has 3 rings (SSSR count). The Morgan fingerprint density at radius 3 is 2.86 bits per heavy atom. The smallest absolute Gasteiger partial charge is 0.325 e. The molecular weight excluding hydrogens is 448 g/mol. The first-order valence-electron chi connectivity index (χ1n) is 8.92. The summed E-state index contributed by atoms with van der Waals surface area (Å²) < 4.78 is 7.38. The summed E-state index contributed by atoms with van der Waals surface area (Å²) in [7, 11) is 1.37. The van der Waals surface area contributed by atoms with Crippen molar-refractivity contribution in [3.8, 4) is 0 Å². The van der Waals surface area contributed by atoms with E-state index in [4.69, 9.17) is 16.3 Å². The van der Waals surface area contributed by atoms with E-state index < -0.39 is 5.54 Å². The number of aromatic nitrogens is 2. The maximum Gasteiger partial charge on any atom is 0.325 e. The number of amides is 1. The van der Waals surface area contributed by atoms with Crippen molar-refractivity contribution in [3.63, 3.8) is 0 Å². The first-order chi connectivity index (χ1) is 13.2. The molecule has 0 radical (unpaired) electrons. The number of rotatable bonds is 5. The van der Waals surface area contributed by atoms with E-state index in [-0.39, 0.29) is 17.9 Å². The van der Waals surface area contributed by atoms with E-state index in [0.717, 1.165) is 25.1 Å². The molecule has 1 aromatic heterocycles.